The van der Waals surface area contributed by atoms with Crippen molar-refractivity contribution in [1.29, 1.82) is 0 Å². The highest BCUT2D eigenvalue weighted by molar-refractivity contribution is 5.51. The number of hydrogen-bond donors (Lipinski definition) is 0. The molecule has 3 fully saturated rings. The minimum atomic E-state index is -0.0115. The summed E-state index contributed by atoms with van der Waals surface area (Å²) in [4.78, 5) is 9.50. The fraction of sp³-hybridized carbons (Fsp3) is 0.476. The number of nitrogens with zero attached hydrogens (tertiary/aromatic N) is 3. The summed E-state index contributed by atoms with van der Waals surface area (Å²) in [7, 11) is 2.14. The first-order valence-corrected chi connectivity index (χ1v) is 9.37. The molecule has 4 aliphatic rings. The number of ether oxygens (including phenoxy) is 1. The molecule has 1 unspecified atom stereocenters. The van der Waals surface area contributed by atoms with Gasteiger partial charge in [0.1, 0.15) is 5.60 Å². The Hall–Kier alpha value is -2.07. The Bertz CT molecular complexity index is 770. The topological polar surface area (TPSA) is 28.6 Å². The summed E-state index contributed by atoms with van der Waals surface area (Å²) in [6.07, 6.45) is 5.52. The van der Waals surface area contributed by atoms with Crippen molar-refractivity contribution in [3.63, 3.8) is 0 Å². The highest BCUT2D eigenvalue weighted by Gasteiger charge is 2.52. The Morgan fingerprint density at radius 3 is 2.76 bits per heavy atom. The van der Waals surface area contributed by atoms with Crippen molar-refractivity contribution in [2.75, 3.05) is 31.6 Å². The van der Waals surface area contributed by atoms with E-state index in [1.165, 1.54) is 42.7 Å². The molecular weight excluding hydrogens is 309 g/mol. The summed E-state index contributed by atoms with van der Waals surface area (Å²) in [5.41, 5.74) is 3.76. The first kappa shape index (κ1) is 15.2. The van der Waals surface area contributed by atoms with Crippen molar-refractivity contribution in [3.05, 3.63) is 53.7 Å². The number of anilines is 1. The molecule has 2 bridgehead atoms. The lowest BCUT2D eigenvalue weighted by Crippen LogP contribution is -2.61. The van der Waals surface area contributed by atoms with E-state index < -0.39 is 0 Å². The lowest BCUT2D eigenvalue weighted by Gasteiger charge is -2.50. The van der Waals surface area contributed by atoms with Gasteiger partial charge in [-0.15, -0.1) is 0 Å². The van der Waals surface area contributed by atoms with Gasteiger partial charge in [-0.05, 0) is 37.6 Å². The minimum Gasteiger partial charge on any atom is -0.469 e. The van der Waals surface area contributed by atoms with Crippen LogP contribution in [0.3, 0.4) is 0 Å². The molecule has 0 N–H and O–H groups in total. The molecule has 2 aromatic rings. The first-order valence-electron chi connectivity index (χ1n) is 9.37. The molecule has 1 atom stereocenters. The van der Waals surface area contributed by atoms with E-state index >= 15 is 0 Å². The largest absolute Gasteiger partial charge is 0.469 e. The predicted molar refractivity (Wildman–Crippen MR) is 99.0 cm³/mol. The molecule has 1 aromatic carbocycles. The van der Waals surface area contributed by atoms with E-state index in [0.29, 0.717) is 5.92 Å². The minimum absolute atomic E-state index is 0.0115. The quantitative estimate of drug-likeness (QED) is 0.862. The van der Waals surface area contributed by atoms with E-state index in [2.05, 4.69) is 58.2 Å². The zero-order valence-corrected chi connectivity index (χ0v) is 14.8. The average Bonchev–Trinajstić information content (AvgIpc) is 3.00. The summed E-state index contributed by atoms with van der Waals surface area (Å²) in [5.74, 6) is 1.56. The van der Waals surface area contributed by atoms with Crippen LogP contribution in [0.25, 0.3) is 0 Å². The lowest BCUT2D eigenvalue weighted by atomic mass is 9.73. The number of piperidine rings is 3. The van der Waals surface area contributed by atoms with E-state index in [-0.39, 0.29) is 5.60 Å². The van der Waals surface area contributed by atoms with Crippen LogP contribution in [0.2, 0.25) is 0 Å². The zero-order valence-electron chi connectivity index (χ0n) is 14.8. The van der Waals surface area contributed by atoms with Crippen molar-refractivity contribution in [1.82, 2.24) is 9.88 Å². The second-order valence-corrected chi connectivity index (χ2v) is 7.89. The second-order valence-electron chi connectivity index (χ2n) is 7.89. The van der Waals surface area contributed by atoms with Gasteiger partial charge in [0.05, 0.1) is 11.9 Å². The molecule has 130 valence electrons. The van der Waals surface area contributed by atoms with E-state index in [9.17, 15) is 0 Å². The summed E-state index contributed by atoms with van der Waals surface area (Å²) in [6, 6.07) is 12.9. The number of rotatable bonds is 3. The third-order valence-corrected chi connectivity index (χ3v) is 6.23. The van der Waals surface area contributed by atoms with Gasteiger partial charge in [0, 0.05) is 38.0 Å². The Labute approximate surface area is 149 Å². The zero-order chi connectivity index (χ0) is 16.9. The van der Waals surface area contributed by atoms with Crippen LogP contribution < -0.4 is 9.64 Å². The normalized spacial score (nSPS) is 29.5. The van der Waals surface area contributed by atoms with E-state index in [4.69, 9.17) is 4.74 Å². The molecular formula is C21H25N3O. The fourth-order valence-corrected chi connectivity index (χ4v) is 4.85. The molecule has 4 heteroatoms. The van der Waals surface area contributed by atoms with Gasteiger partial charge in [-0.2, -0.15) is 0 Å². The Kier molecular flexibility index (Phi) is 3.49. The van der Waals surface area contributed by atoms with Crippen molar-refractivity contribution < 1.29 is 4.74 Å². The van der Waals surface area contributed by atoms with Crippen LogP contribution in [-0.4, -0.2) is 42.2 Å². The fourth-order valence-electron chi connectivity index (χ4n) is 4.85. The average molecular weight is 334 g/mol. The third-order valence-electron chi connectivity index (χ3n) is 6.23. The van der Waals surface area contributed by atoms with Gasteiger partial charge in [-0.1, -0.05) is 30.3 Å². The van der Waals surface area contributed by atoms with Gasteiger partial charge in [0.25, 0.3) is 0 Å². The molecule has 1 spiro atoms. The smallest absolute Gasteiger partial charge is 0.217 e. The molecule has 6 rings (SSSR count). The van der Waals surface area contributed by atoms with Gasteiger partial charge in [0.15, 0.2) is 0 Å². The maximum atomic E-state index is 6.45. The number of benzene rings is 1. The standard InChI is InChI=1S/C21H25N3O/c1-23(14-16-5-3-2-4-6-16)19-11-17-12-21(25-20(17)22-13-19)15-24-9-7-18(21)8-10-24/h2-6,11,13,18H,7-10,12,14-15H2,1H3/i1-1. The van der Waals surface area contributed by atoms with Crippen molar-refractivity contribution >= 4 is 5.69 Å². The number of fused-ring (bicyclic) bond motifs is 3. The molecule has 0 aliphatic carbocycles. The maximum Gasteiger partial charge on any atom is 0.217 e. The highest BCUT2D eigenvalue weighted by atomic mass is 16.5. The molecule has 0 radical (unpaired) electrons. The van der Waals surface area contributed by atoms with Crippen LogP contribution in [-0.2, 0) is 13.0 Å². The Balaban J connectivity index is 1.37. The van der Waals surface area contributed by atoms with E-state index in [0.717, 1.165) is 25.4 Å². The molecule has 0 amide bonds. The molecule has 1 aromatic heterocycles. The molecule has 5 heterocycles. The summed E-state index contributed by atoms with van der Waals surface area (Å²) in [5, 5.41) is 0. The van der Waals surface area contributed by atoms with Crippen LogP contribution in [0.5, 0.6) is 5.88 Å². The van der Waals surface area contributed by atoms with Gasteiger partial charge < -0.3 is 9.64 Å². The lowest BCUT2D eigenvalue weighted by molar-refractivity contribution is -0.0814. The predicted octanol–water partition coefficient (Wildman–Crippen LogP) is 3.12. The van der Waals surface area contributed by atoms with E-state index in [1.807, 2.05) is 6.20 Å². The summed E-state index contributed by atoms with van der Waals surface area (Å²) < 4.78 is 6.45. The van der Waals surface area contributed by atoms with Crippen LogP contribution in [0.4, 0.5) is 5.69 Å². The van der Waals surface area contributed by atoms with Crippen LogP contribution in [0, 0.1) is 5.92 Å². The molecule has 4 aliphatic heterocycles. The summed E-state index contributed by atoms with van der Waals surface area (Å²) in [6.45, 7) is 4.45. The molecule has 4 nitrogen and oxygen atoms in total. The second kappa shape index (κ2) is 5.73. The van der Waals surface area contributed by atoms with Gasteiger partial charge in [-0.3, -0.25) is 4.90 Å². The number of aromatic nitrogens is 1. The Morgan fingerprint density at radius 1 is 1.24 bits per heavy atom. The van der Waals surface area contributed by atoms with Gasteiger partial charge in [-0.25, -0.2) is 4.98 Å². The van der Waals surface area contributed by atoms with Crippen LogP contribution in [0.15, 0.2) is 42.6 Å². The van der Waals surface area contributed by atoms with E-state index in [1.54, 1.807) is 0 Å². The SMILES string of the molecule is [11CH3]N(Cc1ccccc1)c1cnc2c(c1)CC1(CN3CCC1CC3)O2. The number of hydrogen-bond acceptors (Lipinski definition) is 4. The Morgan fingerprint density at radius 2 is 2.04 bits per heavy atom. The third kappa shape index (κ3) is 2.60. The van der Waals surface area contributed by atoms with Crippen LogP contribution >= 0.6 is 0 Å². The van der Waals surface area contributed by atoms with Gasteiger partial charge in [0.2, 0.25) is 5.88 Å². The van der Waals surface area contributed by atoms with Crippen LogP contribution in [0.1, 0.15) is 24.0 Å². The molecule has 0 saturated carbocycles. The van der Waals surface area contributed by atoms with Crippen molar-refractivity contribution in [2.45, 2.75) is 31.4 Å². The highest BCUT2D eigenvalue weighted by Crippen LogP contribution is 2.46. The van der Waals surface area contributed by atoms with Crippen molar-refractivity contribution in [2.24, 2.45) is 5.92 Å². The monoisotopic (exact) mass is 334 g/mol. The number of pyridine rings is 1. The maximum absolute atomic E-state index is 6.45. The molecule has 25 heavy (non-hydrogen) atoms. The summed E-state index contributed by atoms with van der Waals surface area (Å²) >= 11 is 0. The van der Waals surface area contributed by atoms with Crippen molar-refractivity contribution in [3.8, 4) is 5.88 Å². The molecule has 3 saturated heterocycles. The van der Waals surface area contributed by atoms with Gasteiger partial charge >= 0.3 is 0 Å². The first-order chi connectivity index (χ1) is 12.2.